The topological polar surface area (TPSA) is 38.3 Å². The molecule has 0 aliphatic rings. The Hall–Kier alpha value is -0.570. The second-order valence-corrected chi connectivity index (χ2v) is 5.21. The van der Waals surface area contributed by atoms with Crippen LogP contribution >= 0.6 is 0 Å². The van der Waals surface area contributed by atoms with Crippen LogP contribution in [-0.2, 0) is 9.53 Å². The molecule has 0 fully saturated rings. The Labute approximate surface area is 99.9 Å². The number of hydrogen-bond donors (Lipinski definition) is 1. The number of ether oxygens (including phenoxy) is 1. The van der Waals surface area contributed by atoms with E-state index in [1.807, 2.05) is 0 Å². The Balaban J connectivity index is 3.32. The molecule has 0 aromatic rings. The molecule has 0 atom stereocenters. The van der Waals surface area contributed by atoms with Crippen LogP contribution in [0.15, 0.2) is 0 Å². The number of unbranched alkanes of at least 4 members (excludes halogenated alkanes) is 3. The predicted molar refractivity (Wildman–Crippen MR) is 67.5 cm³/mol. The molecule has 0 unspecified atom stereocenters. The minimum atomic E-state index is -0.0896. The van der Waals surface area contributed by atoms with E-state index in [2.05, 4.69) is 33.0 Å². The van der Waals surface area contributed by atoms with Gasteiger partial charge < -0.3 is 10.1 Å². The van der Waals surface area contributed by atoms with Gasteiger partial charge in [-0.2, -0.15) is 0 Å². The van der Waals surface area contributed by atoms with Crippen molar-refractivity contribution in [3.05, 3.63) is 0 Å². The molecule has 0 heterocycles. The molecule has 0 aliphatic heterocycles. The SMILES string of the molecule is CCCCCCOC(=O)CCNC(C)(C)C. The van der Waals surface area contributed by atoms with Gasteiger partial charge in [-0.15, -0.1) is 0 Å². The zero-order chi connectivity index (χ0) is 12.4. The average molecular weight is 229 g/mol. The largest absolute Gasteiger partial charge is 0.466 e. The molecule has 0 bridgehead atoms. The van der Waals surface area contributed by atoms with E-state index in [-0.39, 0.29) is 11.5 Å². The Morgan fingerprint density at radius 2 is 1.88 bits per heavy atom. The van der Waals surface area contributed by atoms with E-state index in [0.717, 1.165) is 12.8 Å². The van der Waals surface area contributed by atoms with Gasteiger partial charge in [-0.25, -0.2) is 0 Å². The van der Waals surface area contributed by atoms with Crippen molar-refractivity contribution >= 4 is 5.97 Å². The van der Waals surface area contributed by atoms with Crippen LogP contribution < -0.4 is 5.32 Å². The fourth-order valence-corrected chi connectivity index (χ4v) is 1.33. The minimum absolute atomic E-state index is 0.0708. The highest BCUT2D eigenvalue weighted by molar-refractivity contribution is 5.69. The summed E-state index contributed by atoms with van der Waals surface area (Å²) in [6.07, 6.45) is 5.05. The second kappa shape index (κ2) is 8.57. The van der Waals surface area contributed by atoms with E-state index in [1.165, 1.54) is 12.8 Å². The van der Waals surface area contributed by atoms with Gasteiger partial charge in [-0.1, -0.05) is 26.2 Å². The van der Waals surface area contributed by atoms with Gasteiger partial charge in [0.25, 0.3) is 0 Å². The van der Waals surface area contributed by atoms with Crippen LogP contribution in [0.3, 0.4) is 0 Å². The first kappa shape index (κ1) is 15.4. The summed E-state index contributed by atoms with van der Waals surface area (Å²) in [7, 11) is 0. The third-order valence-corrected chi connectivity index (χ3v) is 2.25. The third kappa shape index (κ3) is 11.5. The molecule has 0 rings (SSSR count). The maximum atomic E-state index is 11.3. The van der Waals surface area contributed by atoms with E-state index < -0.39 is 0 Å². The van der Waals surface area contributed by atoms with E-state index in [1.54, 1.807) is 0 Å². The monoisotopic (exact) mass is 229 g/mol. The molecule has 0 radical (unpaired) electrons. The summed E-state index contributed by atoms with van der Waals surface area (Å²) < 4.78 is 5.12. The van der Waals surface area contributed by atoms with Crippen molar-refractivity contribution in [3.8, 4) is 0 Å². The normalized spacial score (nSPS) is 11.5. The molecule has 16 heavy (non-hydrogen) atoms. The highest BCUT2D eigenvalue weighted by Gasteiger charge is 2.09. The van der Waals surface area contributed by atoms with Crippen LogP contribution in [-0.4, -0.2) is 24.7 Å². The van der Waals surface area contributed by atoms with Crippen molar-refractivity contribution in [2.45, 2.75) is 65.3 Å². The Morgan fingerprint density at radius 1 is 1.19 bits per heavy atom. The van der Waals surface area contributed by atoms with Gasteiger partial charge in [-0.05, 0) is 27.2 Å². The standard InChI is InChI=1S/C13H27NO2/c1-5-6-7-8-11-16-12(15)9-10-14-13(2,3)4/h14H,5-11H2,1-4H3. The van der Waals surface area contributed by atoms with Gasteiger partial charge in [0.1, 0.15) is 0 Å². The smallest absolute Gasteiger partial charge is 0.307 e. The number of nitrogens with one attached hydrogen (secondary N) is 1. The average Bonchev–Trinajstić information content (AvgIpc) is 2.15. The quantitative estimate of drug-likeness (QED) is 0.514. The van der Waals surface area contributed by atoms with Crippen molar-refractivity contribution in [1.29, 1.82) is 0 Å². The summed E-state index contributed by atoms with van der Waals surface area (Å²) in [4.78, 5) is 11.3. The summed E-state index contributed by atoms with van der Waals surface area (Å²) in [6.45, 7) is 9.70. The third-order valence-electron chi connectivity index (χ3n) is 2.25. The lowest BCUT2D eigenvalue weighted by Crippen LogP contribution is -2.37. The highest BCUT2D eigenvalue weighted by atomic mass is 16.5. The van der Waals surface area contributed by atoms with Gasteiger partial charge in [0.05, 0.1) is 13.0 Å². The van der Waals surface area contributed by atoms with Crippen LogP contribution in [0.4, 0.5) is 0 Å². The lowest BCUT2D eigenvalue weighted by atomic mass is 10.1. The predicted octanol–water partition coefficient (Wildman–Crippen LogP) is 2.89. The van der Waals surface area contributed by atoms with E-state index in [4.69, 9.17) is 4.74 Å². The summed E-state index contributed by atoms with van der Waals surface area (Å²) in [5, 5.41) is 3.26. The molecule has 0 aliphatic carbocycles. The van der Waals surface area contributed by atoms with Crippen LogP contribution in [0.5, 0.6) is 0 Å². The van der Waals surface area contributed by atoms with Crippen molar-refractivity contribution in [2.75, 3.05) is 13.2 Å². The van der Waals surface area contributed by atoms with Crippen molar-refractivity contribution < 1.29 is 9.53 Å². The Morgan fingerprint density at radius 3 is 2.44 bits per heavy atom. The minimum Gasteiger partial charge on any atom is -0.466 e. The lowest BCUT2D eigenvalue weighted by molar-refractivity contribution is -0.143. The number of carbonyl (C=O) groups is 1. The molecule has 0 saturated carbocycles. The zero-order valence-corrected chi connectivity index (χ0v) is 11.3. The van der Waals surface area contributed by atoms with Crippen LogP contribution in [0.25, 0.3) is 0 Å². The molecule has 96 valence electrons. The van der Waals surface area contributed by atoms with E-state index in [9.17, 15) is 4.79 Å². The van der Waals surface area contributed by atoms with Gasteiger partial charge >= 0.3 is 5.97 Å². The van der Waals surface area contributed by atoms with E-state index >= 15 is 0 Å². The van der Waals surface area contributed by atoms with Crippen molar-refractivity contribution in [1.82, 2.24) is 5.32 Å². The number of rotatable bonds is 8. The van der Waals surface area contributed by atoms with Crippen molar-refractivity contribution in [2.24, 2.45) is 0 Å². The number of esters is 1. The molecule has 3 heteroatoms. The maximum Gasteiger partial charge on any atom is 0.307 e. The van der Waals surface area contributed by atoms with Crippen LogP contribution in [0.1, 0.15) is 59.8 Å². The fourth-order valence-electron chi connectivity index (χ4n) is 1.33. The van der Waals surface area contributed by atoms with Gasteiger partial charge in [0.15, 0.2) is 0 Å². The summed E-state index contributed by atoms with van der Waals surface area (Å²) in [5.41, 5.74) is 0.0708. The van der Waals surface area contributed by atoms with Gasteiger partial charge in [-0.3, -0.25) is 4.79 Å². The fraction of sp³-hybridized carbons (Fsp3) is 0.923. The Bertz CT molecular complexity index is 185. The van der Waals surface area contributed by atoms with Crippen molar-refractivity contribution in [3.63, 3.8) is 0 Å². The van der Waals surface area contributed by atoms with Gasteiger partial charge in [0, 0.05) is 12.1 Å². The van der Waals surface area contributed by atoms with Crippen LogP contribution in [0, 0.1) is 0 Å². The molecule has 0 saturated heterocycles. The maximum absolute atomic E-state index is 11.3. The first-order valence-electron chi connectivity index (χ1n) is 6.36. The molecule has 0 aromatic heterocycles. The molecule has 0 spiro atoms. The molecule has 0 amide bonds. The second-order valence-electron chi connectivity index (χ2n) is 5.21. The van der Waals surface area contributed by atoms with Crippen LogP contribution in [0.2, 0.25) is 0 Å². The zero-order valence-electron chi connectivity index (χ0n) is 11.3. The first-order chi connectivity index (χ1) is 7.45. The number of hydrogen-bond acceptors (Lipinski definition) is 3. The molecular formula is C13H27NO2. The van der Waals surface area contributed by atoms with Gasteiger partial charge in [0.2, 0.25) is 0 Å². The molecular weight excluding hydrogens is 202 g/mol. The Kier molecular flexibility index (Phi) is 8.26. The molecule has 3 nitrogen and oxygen atoms in total. The number of carbonyl (C=O) groups excluding carboxylic acids is 1. The highest BCUT2D eigenvalue weighted by Crippen LogP contribution is 2.01. The summed E-state index contributed by atoms with van der Waals surface area (Å²) >= 11 is 0. The summed E-state index contributed by atoms with van der Waals surface area (Å²) in [6, 6.07) is 0. The lowest BCUT2D eigenvalue weighted by Gasteiger charge is -2.19. The van der Waals surface area contributed by atoms with E-state index in [0.29, 0.717) is 19.6 Å². The first-order valence-corrected chi connectivity index (χ1v) is 6.36. The molecule has 1 N–H and O–H groups in total. The molecule has 0 aromatic carbocycles. The summed E-state index contributed by atoms with van der Waals surface area (Å²) in [5.74, 6) is -0.0896.